The maximum absolute atomic E-state index is 8.89. The zero-order chi connectivity index (χ0) is 12.4. The second-order valence-corrected chi connectivity index (χ2v) is 3.00. The first kappa shape index (κ1) is 24.0. The fourth-order valence-corrected chi connectivity index (χ4v) is 0. The molecule has 0 aliphatic carbocycles. The average molecular weight is 314 g/mol. The first-order valence-electron chi connectivity index (χ1n) is 3.80. The van der Waals surface area contributed by atoms with Crippen LogP contribution in [0.3, 0.4) is 0 Å². The van der Waals surface area contributed by atoms with Gasteiger partial charge in [0.25, 0.3) is 0 Å². The minimum Gasteiger partial charge on any atom is -0.550 e. The van der Waals surface area contributed by atoms with Gasteiger partial charge in [0.15, 0.2) is 0 Å². The molecule has 0 rings (SSSR count). The van der Waals surface area contributed by atoms with Gasteiger partial charge in [-0.1, -0.05) is 0 Å². The van der Waals surface area contributed by atoms with Gasteiger partial charge in [-0.3, -0.25) is 0 Å². The van der Waals surface area contributed by atoms with Gasteiger partial charge in [0, 0.05) is 18.5 Å². The Labute approximate surface area is 103 Å². The molecule has 0 saturated heterocycles. The van der Waals surface area contributed by atoms with E-state index in [1.54, 1.807) is 13.8 Å². The summed E-state index contributed by atoms with van der Waals surface area (Å²) < 4.78 is 0. The van der Waals surface area contributed by atoms with Gasteiger partial charge >= 0.3 is 20.4 Å². The Hall–Kier alpha value is -0.478. The van der Waals surface area contributed by atoms with Crippen LogP contribution in [0.4, 0.5) is 0 Å². The third kappa shape index (κ3) is 282. The standard InChI is InChI=1S/C4H11NO.2C2H4O2.Pd/c1-4(2,6)3-5;2*1-2(3)4;/h6H,3,5H2,1-2H3;2*1H3,(H,3,4);/q;;;+2/p-2. The SMILES string of the molecule is CC(=O)[O-].CC(=O)[O-].CC(C)(O)CN.[Pd+2]. The quantitative estimate of drug-likeness (QED) is 0.504. The molecule has 6 nitrogen and oxygen atoms in total. The van der Waals surface area contributed by atoms with Gasteiger partial charge in [-0.2, -0.15) is 0 Å². The molecular formula is C8H17NO5Pd. The fraction of sp³-hybridized carbons (Fsp3) is 0.750. The summed E-state index contributed by atoms with van der Waals surface area (Å²) in [6.07, 6.45) is 0. The Kier molecular flexibility index (Phi) is 21.6. The van der Waals surface area contributed by atoms with Crippen LogP contribution in [0.5, 0.6) is 0 Å². The number of carboxylic acid groups (broad SMARTS) is 2. The van der Waals surface area contributed by atoms with E-state index >= 15 is 0 Å². The van der Waals surface area contributed by atoms with Crippen LogP contribution in [-0.4, -0.2) is 29.2 Å². The van der Waals surface area contributed by atoms with Crippen LogP contribution in [0.15, 0.2) is 0 Å². The van der Waals surface area contributed by atoms with E-state index in [0.717, 1.165) is 13.8 Å². The molecule has 0 amide bonds. The third-order valence-electron chi connectivity index (χ3n) is 0.500. The molecule has 0 aliphatic rings. The molecule has 0 aromatic rings. The molecule has 94 valence electrons. The second kappa shape index (κ2) is 13.5. The van der Waals surface area contributed by atoms with Crippen molar-refractivity contribution in [2.75, 3.05) is 6.54 Å². The molecule has 15 heavy (non-hydrogen) atoms. The Balaban J connectivity index is -0.0000000606. The molecule has 0 heterocycles. The van der Waals surface area contributed by atoms with Gasteiger partial charge in [-0.05, 0) is 27.7 Å². The van der Waals surface area contributed by atoms with Gasteiger partial charge in [-0.15, -0.1) is 0 Å². The Bertz CT molecular complexity index is 147. The zero-order valence-corrected chi connectivity index (χ0v) is 10.7. The smallest absolute Gasteiger partial charge is 0.550 e. The molecule has 7 heteroatoms. The van der Waals surface area contributed by atoms with Crippen LogP contribution < -0.4 is 15.9 Å². The van der Waals surface area contributed by atoms with E-state index in [0.29, 0.717) is 6.54 Å². The van der Waals surface area contributed by atoms with Gasteiger partial charge in [0.1, 0.15) is 0 Å². The summed E-state index contributed by atoms with van der Waals surface area (Å²) >= 11 is 0. The summed E-state index contributed by atoms with van der Waals surface area (Å²) in [5, 5.41) is 26.5. The molecule has 0 aliphatic heterocycles. The van der Waals surface area contributed by atoms with Crippen LogP contribution >= 0.6 is 0 Å². The predicted molar refractivity (Wildman–Crippen MR) is 46.7 cm³/mol. The van der Waals surface area contributed by atoms with Crippen LogP contribution in [0, 0.1) is 0 Å². The largest absolute Gasteiger partial charge is 2.00 e. The molecule has 0 aromatic carbocycles. The minimum atomic E-state index is -1.08. The Morgan fingerprint density at radius 1 is 1.20 bits per heavy atom. The number of carbonyl (C=O) groups is 2. The van der Waals surface area contributed by atoms with E-state index in [1.165, 1.54) is 0 Å². The second-order valence-electron chi connectivity index (χ2n) is 3.00. The number of aliphatic hydroxyl groups is 1. The zero-order valence-electron chi connectivity index (χ0n) is 9.18. The molecule has 0 unspecified atom stereocenters. The van der Waals surface area contributed by atoms with Gasteiger partial charge in [-0.25, -0.2) is 0 Å². The summed E-state index contributed by atoms with van der Waals surface area (Å²) in [6.45, 7) is 5.62. The molecule has 3 N–H and O–H groups in total. The third-order valence-corrected chi connectivity index (χ3v) is 0.500. The number of hydrogen-bond acceptors (Lipinski definition) is 6. The van der Waals surface area contributed by atoms with E-state index in [9.17, 15) is 0 Å². The normalized spacial score (nSPS) is 8.13. The topological polar surface area (TPSA) is 127 Å². The summed E-state index contributed by atoms with van der Waals surface area (Å²) in [5.41, 5.74) is 4.38. The van der Waals surface area contributed by atoms with Gasteiger partial charge in [0.05, 0.1) is 5.60 Å². The van der Waals surface area contributed by atoms with Crippen molar-refractivity contribution in [2.24, 2.45) is 5.73 Å². The number of carbonyl (C=O) groups excluding carboxylic acids is 2. The molecule has 0 bridgehead atoms. The summed E-state index contributed by atoms with van der Waals surface area (Å²) in [4.78, 5) is 17.8. The van der Waals surface area contributed by atoms with E-state index in [4.69, 9.17) is 30.6 Å². The van der Waals surface area contributed by atoms with Gasteiger partial charge < -0.3 is 30.6 Å². The van der Waals surface area contributed by atoms with Crippen molar-refractivity contribution in [3.63, 3.8) is 0 Å². The Morgan fingerprint density at radius 3 is 1.27 bits per heavy atom. The molecule has 0 aromatic heterocycles. The number of hydrogen-bond donors (Lipinski definition) is 2. The Morgan fingerprint density at radius 2 is 1.27 bits per heavy atom. The number of carboxylic acids is 2. The maximum Gasteiger partial charge on any atom is 2.00 e. The number of nitrogens with two attached hydrogens (primary N) is 1. The van der Waals surface area contributed by atoms with Crippen molar-refractivity contribution in [1.82, 2.24) is 0 Å². The monoisotopic (exact) mass is 313 g/mol. The van der Waals surface area contributed by atoms with Crippen LogP contribution in [0.25, 0.3) is 0 Å². The molecule has 0 spiro atoms. The van der Waals surface area contributed by atoms with Crippen molar-refractivity contribution >= 4 is 11.9 Å². The number of rotatable bonds is 1. The molecular weight excluding hydrogens is 297 g/mol. The first-order chi connectivity index (χ1) is 6.02. The summed E-state index contributed by atoms with van der Waals surface area (Å²) in [5.74, 6) is -2.17. The molecule has 0 saturated carbocycles. The number of aliphatic carboxylic acids is 2. The first-order valence-corrected chi connectivity index (χ1v) is 3.80. The molecule has 0 atom stereocenters. The summed E-state index contributed by atoms with van der Waals surface area (Å²) in [6, 6.07) is 0. The van der Waals surface area contributed by atoms with E-state index in [2.05, 4.69) is 0 Å². The van der Waals surface area contributed by atoms with Crippen LogP contribution in [0.1, 0.15) is 27.7 Å². The van der Waals surface area contributed by atoms with Crippen molar-refractivity contribution in [3.05, 3.63) is 0 Å². The van der Waals surface area contributed by atoms with E-state index < -0.39 is 17.5 Å². The fourth-order valence-electron chi connectivity index (χ4n) is 0. The van der Waals surface area contributed by atoms with Crippen molar-refractivity contribution in [2.45, 2.75) is 33.3 Å². The summed E-state index contributed by atoms with van der Waals surface area (Å²) in [7, 11) is 0. The van der Waals surface area contributed by atoms with Gasteiger partial charge in [0.2, 0.25) is 0 Å². The van der Waals surface area contributed by atoms with Crippen LogP contribution in [-0.2, 0) is 30.0 Å². The average Bonchev–Trinajstić information content (AvgIpc) is 1.83. The molecule has 0 radical (unpaired) electrons. The van der Waals surface area contributed by atoms with E-state index in [-0.39, 0.29) is 20.4 Å². The maximum atomic E-state index is 8.89. The van der Waals surface area contributed by atoms with Crippen molar-refractivity contribution < 1.29 is 45.3 Å². The predicted octanol–water partition coefficient (Wildman–Crippen LogP) is -2.77. The van der Waals surface area contributed by atoms with Crippen LogP contribution in [0.2, 0.25) is 0 Å². The molecule has 0 fully saturated rings. The minimum absolute atomic E-state index is 0. The van der Waals surface area contributed by atoms with E-state index in [1.807, 2.05) is 0 Å². The van der Waals surface area contributed by atoms with Crippen molar-refractivity contribution in [1.29, 1.82) is 0 Å². The van der Waals surface area contributed by atoms with Crippen molar-refractivity contribution in [3.8, 4) is 0 Å².